The molecule has 9 aromatic heterocycles. The van der Waals surface area contributed by atoms with E-state index in [0.29, 0.717) is 64.9 Å². The maximum Gasteiger partial charge on any atom is 0.261 e. The van der Waals surface area contributed by atoms with Gasteiger partial charge in [-0.2, -0.15) is 18.1 Å². The molecule has 0 bridgehead atoms. The smallest absolute Gasteiger partial charge is 0.261 e. The quantitative estimate of drug-likeness (QED) is 0.128. The monoisotopic (exact) mass is 1070 g/mol. The zero-order valence-corrected chi connectivity index (χ0v) is 50.5. The normalized spacial score (nSPS) is 11.9. The number of fused-ring (bicyclic) bond motifs is 5. The Morgan fingerprint density at radius 2 is 0.893 bits per heavy atom. The molecule has 0 N–H and O–H groups in total. The van der Waals surface area contributed by atoms with E-state index in [1.165, 1.54) is 54.2 Å². The standard InChI is InChI=1S/C13H17NS.C12H16N2O.2C12H16N2S.C11H15N3O/c1-8(2)10-5-6-12-11(7-10)13(9(3)4)14-15-12;1-7(2)9-5-6-10-12(13-9)11(8(3)4)14-15-10;1-7(2)9-5-10-11(8(3)4)14-15-12(10)13-6-9;1-7(2)9-5-6-10-12(13-9)11(8(3)4)14-15-10;1-6(2)9-8-5-12-10(7(3)4)13-11(8)15-14-9/h5-9H,1-4H3;3*5-8H,1-4H3;5-7H,1-4H3. The average molecular weight is 1070 g/mol. The molecular weight excluding hydrogens is 989 g/mol. The number of rotatable bonds is 10. The zero-order chi connectivity index (χ0) is 55.0. The summed E-state index contributed by atoms with van der Waals surface area (Å²) in [4.78, 5) is 23.5. The summed E-state index contributed by atoms with van der Waals surface area (Å²) in [5, 5.41) is 11.6. The van der Waals surface area contributed by atoms with Gasteiger partial charge in [0.05, 0.1) is 37.6 Å². The van der Waals surface area contributed by atoms with E-state index >= 15 is 0 Å². The lowest BCUT2D eigenvalue weighted by Crippen LogP contribution is -1.96. The maximum atomic E-state index is 5.23. The van der Waals surface area contributed by atoms with Crippen molar-refractivity contribution < 1.29 is 9.05 Å². The Bertz CT molecular complexity index is 3050. The highest BCUT2D eigenvalue weighted by Gasteiger charge is 2.18. The van der Waals surface area contributed by atoms with Crippen molar-refractivity contribution in [1.29, 1.82) is 0 Å². The van der Waals surface area contributed by atoms with Gasteiger partial charge in [0.2, 0.25) is 0 Å². The third-order valence-electron chi connectivity index (χ3n) is 12.7. The largest absolute Gasteiger partial charge is 0.354 e. The van der Waals surface area contributed by atoms with Crippen molar-refractivity contribution in [3.8, 4) is 0 Å². The predicted molar refractivity (Wildman–Crippen MR) is 317 cm³/mol. The first kappa shape index (κ1) is 58.6. The van der Waals surface area contributed by atoms with Crippen LogP contribution < -0.4 is 0 Å². The second-order valence-corrected chi connectivity index (χ2v) is 24.7. The molecule has 0 fully saturated rings. The van der Waals surface area contributed by atoms with Crippen molar-refractivity contribution >= 4 is 87.3 Å². The number of benzene rings is 1. The molecular formula is C60H80N10O2S3. The summed E-state index contributed by atoms with van der Waals surface area (Å²) in [5.74, 6) is 5.27. The molecule has 0 saturated carbocycles. The molecule has 15 heteroatoms. The summed E-state index contributed by atoms with van der Waals surface area (Å²) in [5.41, 5.74) is 13.8. The summed E-state index contributed by atoms with van der Waals surface area (Å²) in [6, 6.07) is 17.2. The molecule has 0 aliphatic heterocycles. The third kappa shape index (κ3) is 14.4. The number of hydrogen-bond acceptors (Lipinski definition) is 15. The molecule has 0 aliphatic rings. The Morgan fingerprint density at radius 3 is 1.48 bits per heavy atom. The van der Waals surface area contributed by atoms with Crippen molar-refractivity contribution in [2.24, 2.45) is 0 Å². The van der Waals surface area contributed by atoms with Crippen LogP contribution in [0.4, 0.5) is 0 Å². The molecule has 0 atom stereocenters. The lowest BCUT2D eigenvalue weighted by Gasteiger charge is -2.06. The topological polar surface area (TPSA) is 155 Å². The Kier molecular flexibility index (Phi) is 20.3. The lowest BCUT2D eigenvalue weighted by atomic mass is 9.99. The molecule has 400 valence electrons. The predicted octanol–water partition coefficient (Wildman–Crippen LogP) is 18.8. The number of aromatic nitrogens is 10. The Hall–Kier alpha value is -5.64. The van der Waals surface area contributed by atoms with E-state index in [2.05, 4.69) is 218 Å². The fourth-order valence-corrected chi connectivity index (χ4v) is 10.5. The van der Waals surface area contributed by atoms with E-state index in [-0.39, 0.29) is 0 Å². The maximum absolute atomic E-state index is 5.23. The van der Waals surface area contributed by atoms with E-state index in [1.807, 2.05) is 24.5 Å². The van der Waals surface area contributed by atoms with Crippen LogP contribution in [0.1, 0.15) is 254 Å². The highest BCUT2D eigenvalue weighted by atomic mass is 32.1. The fourth-order valence-electron chi connectivity index (χ4n) is 7.93. The highest BCUT2D eigenvalue weighted by Crippen LogP contribution is 2.33. The van der Waals surface area contributed by atoms with Crippen molar-refractivity contribution in [2.45, 2.75) is 198 Å². The minimum absolute atomic E-state index is 0.307. The van der Waals surface area contributed by atoms with Gasteiger partial charge in [-0.15, -0.1) is 0 Å². The van der Waals surface area contributed by atoms with E-state index in [0.717, 1.165) is 61.1 Å². The third-order valence-corrected chi connectivity index (χ3v) is 15.1. The second-order valence-electron chi connectivity index (χ2n) is 22.4. The van der Waals surface area contributed by atoms with Gasteiger partial charge in [-0.1, -0.05) is 155 Å². The average Bonchev–Trinajstić information content (AvgIpc) is 4.22. The molecule has 0 amide bonds. The van der Waals surface area contributed by atoms with Crippen LogP contribution in [0.15, 0.2) is 70.0 Å². The van der Waals surface area contributed by atoms with E-state index < -0.39 is 0 Å². The van der Waals surface area contributed by atoms with Gasteiger partial charge in [-0.3, -0.25) is 0 Å². The molecule has 0 aliphatic carbocycles. The van der Waals surface area contributed by atoms with Crippen LogP contribution >= 0.6 is 34.6 Å². The van der Waals surface area contributed by atoms with Gasteiger partial charge in [-0.25, -0.2) is 19.9 Å². The molecule has 1 aromatic carbocycles. The Balaban J connectivity index is 0.000000152. The van der Waals surface area contributed by atoms with Crippen LogP contribution in [0.5, 0.6) is 0 Å². The van der Waals surface area contributed by atoms with Crippen molar-refractivity contribution in [2.75, 3.05) is 0 Å². The highest BCUT2D eigenvalue weighted by molar-refractivity contribution is 7.13. The van der Waals surface area contributed by atoms with Gasteiger partial charge in [0.1, 0.15) is 27.4 Å². The van der Waals surface area contributed by atoms with Crippen LogP contribution in [0.3, 0.4) is 0 Å². The number of nitrogens with zero attached hydrogens (tertiary/aromatic N) is 10. The van der Waals surface area contributed by atoms with Crippen molar-refractivity contribution in [3.63, 3.8) is 0 Å². The SMILES string of the molecule is CC(C)c1ccc2onc(C(C)C)c2n1.CC(C)c1ccc2snc(C(C)C)c2c1.CC(C)c1ccc2snc(C(C)C)c2n1.CC(C)c1cnc2snc(C(C)C)c2c1.CC(C)c1ncc2c(C(C)C)noc2n1. The Morgan fingerprint density at radius 1 is 0.373 bits per heavy atom. The van der Waals surface area contributed by atoms with E-state index in [4.69, 9.17) is 14.0 Å². The summed E-state index contributed by atoms with van der Waals surface area (Å²) in [6.45, 7) is 43.0. The van der Waals surface area contributed by atoms with Gasteiger partial charge >= 0.3 is 0 Å². The summed E-state index contributed by atoms with van der Waals surface area (Å²) < 4.78 is 26.4. The molecule has 0 saturated heterocycles. The zero-order valence-electron chi connectivity index (χ0n) is 48.1. The van der Waals surface area contributed by atoms with Gasteiger partial charge in [0, 0.05) is 46.4 Å². The van der Waals surface area contributed by atoms with Gasteiger partial charge in [-0.05, 0) is 136 Å². The second kappa shape index (κ2) is 25.9. The molecule has 10 rings (SSSR count). The van der Waals surface area contributed by atoms with E-state index in [9.17, 15) is 0 Å². The number of hydrogen-bond donors (Lipinski definition) is 0. The van der Waals surface area contributed by atoms with Gasteiger partial charge in [0.25, 0.3) is 5.71 Å². The van der Waals surface area contributed by atoms with Crippen molar-refractivity contribution in [1.82, 2.24) is 48.4 Å². The molecule has 10 aromatic rings. The molecule has 0 spiro atoms. The molecule has 0 unspecified atom stereocenters. The molecule has 12 nitrogen and oxygen atoms in total. The lowest BCUT2D eigenvalue weighted by molar-refractivity contribution is 0.433. The molecule has 75 heavy (non-hydrogen) atoms. The molecule has 0 radical (unpaired) electrons. The minimum Gasteiger partial charge on any atom is -0.354 e. The Labute approximate surface area is 457 Å². The van der Waals surface area contributed by atoms with Crippen molar-refractivity contribution in [3.05, 3.63) is 118 Å². The van der Waals surface area contributed by atoms with Gasteiger partial charge in [0.15, 0.2) is 5.58 Å². The van der Waals surface area contributed by atoms with Crippen LogP contribution in [0, 0.1) is 0 Å². The summed E-state index contributed by atoms with van der Waals surface area (Å²) in [6.07, 6.45) is 3.78. The fraction of sp³-hybridized carbons (Fsp3) is 0.500. The minimum atomic E-state index is 0.307. The van der Waals surface area contributed by atoms with Gasteiger partial charge < -0.3 is 9.05 Å². The van der Waals surface area contributed by atoms with Crippen LogP contribution in [0.25, 0.3) is 52.7 Å². The van der Waals surface area contributed by atoms with E-state index in [1.54, 1.807) is 23.1 Å². The van der Waals surface area contributed by atoms with Crippen LogP contribution in [-0.2, 0) is 0 Å². The van der Waals surface area contributed by atoms with Crippen LogP contribution in [-0.4, -0.2) is 48.4 Å². The first-order valence-electron chi connectivity index (χ1n) is 26.8. The molecule has 9 heterocycles. The van der Waals surface area contributed by atoms with Crippen LogP contribution in [0.2, 0.25) is 0 Å². The first-order valence-corrected chi connectivity index (χ1v) is 29.1. The number of pyridine rings is 3. The first-order chi connectivity index (χ1) is 35.5. The summed E-state index contributed by atoms with van der Waals surface area (Å²) in [7, 11) is 0. The summed E-state index contributed by atoms with van der Waals surface area (Å²) >= 11 is 4.66.